The molecule has 0 saturated carbocycles. The van der Waals surface area contributed by atoms with Crippen molar-refractivity contribution in [3.63, 3.8) is 0 Å². The summed E-state index contributed by atoms with van der Waals surface area (Å²) in [4.78, 5) is 11.5. The van der Waals surface area contributed by atoms with Crippen LogP contribution in [0.4, 0.5) is 0 Å². The van der Waals surface area contributed by atoms with E-state index in [9.17, 15) is 4.79 Å². The van der Waals surface area contributed by atoms with Crippen LogP contribution in [0.25, 0.3) is 5.57 Å². The van der Waals surface area contributed by atoms with Crippen LogP contribution in [-0.4, -0.2) is 12.6 Å². The van der Waals surface area contributed by atoms with Gasteiger partial charge in [0.25, 0.3) is 0 Å². The zero-order valence-electron chi connectivity index (χ0n) is 10.1. The number of benzene rings is 1. The van der Waals surface area contributed by atoms with Crippen LogP contribution in [-0.2, 0) is 9.53 Å². The molecule has 0 amide bonds. The zero-order chi connectivity index (χ0) is 12.1. The molecule has 1 unspecified atom stereocenters. The molecule has 0 heterocycles. The third-order valence-electron chi connectivity index (χ3n) is 2.59. The van der Waals surface area contributed by atoms with Gasteiger partial charge in [0.05, 0.1) is 12.5 Å². The molecule has 0 saturated heterocycles. The van der Waals surface area contributed by atoms with Crippen LogP contribution in [0, 0.1) is 12.8 Å². The summed E-state index contributed by atoms with van der Waals surface area (Å²) in [7, 11) is 0. The molecule has 0 N–H and O–H groups in total. The molecule has 1 atom stereocenters. The van der Waals surface area contributed by atoms with E-state index < -0.39 is 0 Å². The predicted octanol–water partition coefficient (Wildman–Crippen LogP) is 3.21. The van der Waals surface area contributed by atoms with E-state index in [0.29, 0.717) is 6.61 Å². The van der Waals surface area contributed by atoms with Gasteiger partial charge in [0.15, 0.2) is 0 Å². The standard InChI is InChI=1S/C14H18O2/c1-5-16-14(15)12(4)11(3)13-8-6-10(2)7-9-13/h6-9,12H,3,5H2,1-2,4H3. The number of hydrogen-bond acceptors (Lipinski definition) is 2. The highest BCUT2D eigenvalue weighted by Crippen LogP contribution is 2.22. The lowest BCUT2D eigenvalue weighted by molar-refractivity contribution is -0.145. The quantitative estimate of drug-likeness (QED) is 0.725. The van der Waals surface area contributed by atoms with Gasteiger partial charge in [-0.25, -0.2) is 0 Å². The highest BCUT2D eigenvalue weighted by atomic mass is 16.5. The number of carbonyl (C=O) groups is 1. The monoisotopic (exact) mass is 218 g/mol. The van der Waals surface area contributed by atoms with E-state index in [-0.39, 0.29) is 11.9 Å². The lowest BCUT2D eigenvalue weighted by Crippen LogP contribution is -2.15. The Balaban J connectivity index is 2.78. The van der Waals surface area contributed by atoms with E-state index in [0.717, 1.165) is 11.1 Å². The Labute approximate surface area is 96.9 Å². The van der Waals surface area contributed by atoms with Crippen molar-refractivity contribution in [2.45, 2.75) is 20.8 Å². The van der Waals surface area contributed by atoms with E-state index in [2.05, 4.69) is 6.58 Å². The average Bonchev–Trinajstić information content (AvgIpc) is 2.28. The van der Waals surface area contributed by atoms with Gasteiger partial charge >= 0.3 is 5.97 Å². The first kappa shape index (κ1) is 12.5. The highest BCUT2D eigenvalue weighted by molar-refractivity contribution is 5.87. The van der Waals surface area contributed by atoms with E-state index in [1.807, 2.05) is 38.1 Å². The topological polar surface area (TPSA) is 26.3 Å². The lowest BCUT2D eigenvalue weighted by Gasteiger charge is -2.13. The van der Waals surface area contributed by atoms with Crippen LogP contribution < -0.4 is 0 Å². The maximum atomic E-state index is 11.5. The number of rotatable bonds is 4. The molecule has 0 aliphatic carbocycles. The van der Waals surface area contributed by atoms with Crippen molar-refractivity contribution in [2.24, 2.45) is 5.92 Å². The van der Waals surface area contributed by atoms with Crippen LogP contribution in [0.5, 0.6) is 0 Å². The third kappa shape index (κ3) is 2.96. The predicted molar refractivity (Wildman–Crippen MR) is 66.0 cm³/mol. The molecule has 0 bridgehead atoms. The van der Waals surface area contributed by atoms with Crippen molar-refractivity contribution in [3.05, 3.63) is 42.0 Å². The van der Waals surface area contributed by atoms with Gasteiger partial charge in [-0.15, -0.1) is 0 Å². The van der Waals surface area contributed by atoms with Gasteiger partial charge in [-0.3, -0.25) is 4.79 Å². The minimum atomic E-state index is -0.289. The normalized spacial score (nSPS) is 11.9. The molecule has 1 rings (SSSR count). The first-order valence-electron chi connectivity index (χ1n) is 5.48. The Kier molecular flexibility index (Phi) is 4.29. The fourth-order valence-corrected chi connectivity index (χ4v) is 1.43. The molecule has 0 fully saturated rings. The van der Waals surface area contributed by atoms with Crippen LogP contribution >= 0.6 is 0 Å². The van der Waals surface area contributed by atoms with Gasteiger partial charge in [0.1, 0.15) is 0 Å². The summed E-state index contributed by atoms with van der Waals surface area (Å²) in [5.74, 6) is -0.504. The van der Waals surface area contributed by atoms with Crippen LogP contribution in [0.1, 0.15) is 25.0 Å². The molecule has 0 spiro atoms. The third-order valence-corrected chi connectivity index (χ3v) is 2.59. The second-order valence-electron chi connectivity index (χ2n) is 3.86. The highest BCUT2D eigenvalue weighted by Gasteiger charge is 2.18. The summed E-state index contributed by atoms with van der Waals surface area (Å²) >= 11 is 0. The van der Waals surface area contributed by atoms with Gasteiger partial charge in [0, 0.05) is 0 Å². The second-order valence-corrected chi connectivity index (χ2v) is 3.86. The van der Waals surface area contributed by atoms with Crippen molar-refractivity contribution in [1.29, 1.82) is 0 Å². The van der Waals surface area contributed by atoms with Gasteiger partial charge < -0.3 is 4.74 Å². The summed E-state index contributed by atoms with van der Waals surface area (Å²) < 4.78 is 4.97. The van der Waals surface area contributed by atoms with Crippen molar-refractivity contribution in [1.82, 2.24) is 0 Å². The molecule has 2 nitrogen and oxygen atoms in total. The van der Waals surface area contributed by atoms with E-state index in [4.69, 9.17) is 4.74 Å². The zero-order valence-corrected chi connectivity index (χ0v) is 10.1. The molecule has 0 aliphatic heterocycles. The summed E-state index contributed by atoms with van der Waals surface area (Å²) in [6.45, 7) is 10.0. The SMILES string of the molecule is C=C(c1ccc(C)cc1)C(C)C(=O)OCC. The first-order chi connectivity index (χ1) is 7.56. The molecule has 0 aliphatic rings. The van der Waals surface area contributed by atoms with Gasteiger partial charge in [-0.05, 0) is 31.9 Å². The fourth-order valence-electron chi connectivity index (χ4n) is 1.43. The van der Waals surface area contributed by atoms with Crippen LogP contribution in [0.2, 0.25) is 0 Å². The maximum absolute atomic E-state index is 11.5. The molecular formula is C14H18O2. The van der Waals surface area contributed by atoms with Gasteiger partial charge in [-0.1, -0.05) is 36.4 Å². The van der Waals surface area contributed by atoms with Crippen molar-refractivity contribution in [2.75, 3.05) is 6.61 Å². The average molecular weight is 218 g/mol. The Morgan fingerprint density at radius 1 is 1.38 bits per heavy atom. The minimum absolute atomic E-state index is 0.215. The largest absolute Gasteiger partial charge is 0.466 e. The number of hydrogen-bond donors (Lipinski definition) is 0. The second kappa shape index (κ2) is 5.50. The molecule has 86 valence electrons. The van der Waals surface area contributed by atoms with E-state index in [1.165, 1.54) is 5.56 Å². The fraction of sp³-hybridized carbons (Fsp3) is 0.357. The van der Waals surface area contributed by atoms with Gasteiger partial charge in [-0.2, -0.15) is 0 Å². The Bertz CT molecular complexity index is 376. The Morgan fingerprint density at radius 3 is 2.44 bits per heavy atom. The molecule has 2 heteroatoms. The van der Waals surface area contributed by atoms with Crippen LogP contribution in [0.15, 0.2) is 30.8 Å². The summed E-state index contributed by atoms with van der Waals surface area (Å²) in [5, 5.41) is 0. The number of esters is 1. The first-order valence-corrected chi connectivity index (χ1v) is 5.48. The molecule has 0 radical (unpaired) electrons. The Hall–Kier alpha value is -1.57. The van der Waals surface area contributed by atoms with Crippen LogP contribution in [0.3, 0.4) is 0 Å². The molecular weight excluding hydrogens is 200 g/mol. The minimum Gasteiger partial charge on any atom is -0.466 e. The maximum Gasteiger partial charge on any atom is 0.313 e. The van der Waals surface area contributed by atoms with Crippen molar-refractivity contribution < 1.29 is 9.53 Å². The Morgan fingerprint density at radius 2 is 1.94 bits per heavy atom. The van der Waals surface area contributed by atoms with Gasteiger partial charge in [0.2, 0.25) is 0 Å². The smallest absolute Gasteiger partial charge is 0.313 e. The summed E-state index contributed by atoms with van der Waals surface area (Å²) in [5.41, 5.74) is 2.99. The number of carbonyl (C=O) groups excluding carboxylic acids is 1. The molecule has 1 aromatic carbocycles. The summed E-state index contributed by atoms with van der Waals surface area (Å²) in [6.07, 6.45) is 0. The number of ether oxygens (including phenoxy) is 1. The summed E-state index contributed by atoms with van der Waals surface area (Å²) in [6, 6.07) is 7.98. The van der Waals surface area contributed by atoms with Crippen molar-refractivity contribution >= 4 is 11.5 Å². The van der Waals surface area contributed by atoms with E-state index >= 15 is 0 Å². The number of aryl methyl sites for hydroxylation is 1. The van der Waals surface area contributed by atoms with E-state index in [1.54, 1.807) is 6.92 Å². The lowest BCUT2D eigenvalue weighted by atomic mass is 9.95. The molecule has 0 aromatic heterocycles. The van der Waals surface area contributed by atoms with Crippen molar-refractivity contribution in [3.8, 4) is 0 Å². The molecule has 1 aromatic rings. The molecule has 16 heavy (non-hydrogen) atoms.